The molecular formula is C8H16NO+. The molecule has 58 valence electrons. The van der Waals surface area contributed by atoms with E-state index in [4.69, 9.17) is 0 Å². The van der Waals surface area contributed by atoms with Crippen molar-refractivity contribution in [1.29, 1.82) is 0 Å². The van der Waals surface area contributed by atoms with Crippen molar-refractivity contribution in [3.63, 3.8) is 0 Å². The molecule has 1 unspecified atom stereocenters. The van der Waals surface area contributed by atoms with Gasteiger partial charge in [0.05, 0.1) is 20.6 Å². The second-order valence-corrected chi connectivity index (χ2v) is 3.88. The fourth-order valence-corrected chi connectivity index (χ4v) is 1.43. The second kappa shape index (κ2) is 1.83. The third-order valence-electron chi connectivity index (χ3n) is 2.51. The standard InChI is InChI=1S/C8H16NO/c1-7-8(2,10)5-6-9(7,3)4/h10H,1,5-6H2,2-4H3/q+1. The molecule has 1 rings (SSSR count). The number of quaternary nitrogens is 1. The van der Waals surface area contributed by atoms with Crippen LogP contribution in [0.15, 0.2) is 12.3 Å². The second-order valence-electron chi connectivity index (χ2n) is 3.88. The fourth-order valence-electron chi connectivity index (χ4n) is 1.43. The van der Waals surface area contributed by atoms with E-state index in [0.717, 1.165) is 23.1 Å². The molecule has 1 N–H and O–H groups in total. The van der Waals surface area contributed by atoms with Gasteiger partial charge in [-0.05, 0) is 13.5 Å². The highest BCUT2D eigenvalue weighted by Gasteiger charge is 2.44. The normalized spacial score (nSPS) is 38.6. The molecule has 2 heteroatoms. The Balaban J connectivity index is 2.88. The van der Waals surface area contributed by atoms with Crippen LogP contribution < -0.4 is 0 Å². The van der Waals surface area contributed by atoms with Gasteiger partial charge in [-0.1, -0.05) is 0 Å². The Morgan fingerprint density at radius 3 is 2.20 bits per heavy atom. The van der Waals surface area contributed by atoms with Crippen LogP contribution in [-0.2, 0) is 0 Å². The van der Waals surface area contributed by atoms with Crippen LogP contribution in [0.1, 0.15) is 13.3 Å². The first kappa shape index (κ1) is 7.76. The predicted octanol–water partition coefficient (Wildman–Crippen LogP) is 0.731. The van der Waals surface area contributed by atoms with Gasteiger partial charge in [0.25, 0.3) is 0 Å². The van der Waals surface area contributed by atoms with E-state index in [2.05, 4.69) is 20.7 Å². The first-order chi connectivity index (χ1) is 4.36. The van der Waals surface area contributed by atoms with Crippen LogP contribution in [0.3, 0.4) is 0 Å². The molecule has 10 heavy (non-hydrogen) atoms. The minimum Gasteiger partial charge on any atom is -0.380 e. The average Bonchev–Trinajstić information content (AvgIpc) is 1.95. The van der Waals surface area contributed by atoms with Crippen molar-refractivity contribution in [2.45, 2.75) is 18.9 Å². The predicted molar refractivity (Wildman–Crippen MR) is 41.4 cm³/mol. The molecule has 0 aromatic heterocycles. The Morgan fingerprint density at radius 2 is 2.10 bits per heavy atom. The summed E-state index contributed by atoms with van der Waals surface area (Å²) < 4.78 is 0.757. The number of aliphatic hydroxyl groups is 1. The minimum absolute atomic E-state index is 0.635. The van der Waals surface area contributed by atoms with E-state index in [1.807, 2.05) is 6.92 Å². The van der Waals surface area contributed by atoms with Crippen LogP contribution in [0, 0.1) is 0 Å². The van der Waals surface area contributed by atoms with Crippen LogP contribution in [0.4, 0.5) is 0 Å². The Morgan fingerprint density at radius 1 is 1.60 bits per heavy atom. The average molecular weight is 142 g/mol. The van der Waals surface area contributed by atoms with Crippen molar-refractivity contribution >= 4 is 0 Å². The topological polar surface area (TPSA) is 20.2 Å². The van der Waals surface area contributed by atoms with Gasteiger partial charge in [-0.25, -0.2) is 0 Å². The van der Waals surface area contributed by atoms with Crippen molar-refractivity contribution in [2.75, 3.05) is 20.6 Å². The van der Waals surface area contributed by atoms with Crippen molar-refractivity contribution in [2.24, 2.45) is 0 Å². The lowest BCUT2D eigenvalue weighted by Crippen LogP contribution is -2.37. The summed E-state index contributed by atoms with van der Waals surface area (Å²) >= 11 is 0. The summed E-state index contributed by atoms with van der Waals surface area (Å²) in [6, 6.07) is 0. The highest BCUT2D eigenvalue weighted by atomic mass is 16.3. The van der Waals surface area contributed by atoms with E-state index in [1.54, 1.807) is 0 Å². The van der Waals surface area contributed by atoms with Gasteiger partial charge in [0.15, 0.2) is 0 Å². The SMILES string of the molecule is C=C1C(C)(O)CC[N+]1(C)C. The smallest absolute Gasteiger partial charge is 0.140 e. The number of rotatable bonds is 0. The van der Waals surface area contributed by atoms with Gasteiger partial charge in [-0.15, -0.1) is 0 Å². The van der Waals surface area contributed by atoms with Gasteiger partial charge in [-0.3, -0.25) is 4.48 Å². The molecule has 1 heterocycles. The lowest BCUT2D eigenvalue weighted by molar-refractivity contribution is -0.844. The van der Waals surface area contributed by atoms with E-state index in [0.29, 0.717) is 0 Å². The van der Waals surface area contributed by atoms with E-state index in [9.17, 15) is 5.11 Å². The van der Waals surface area contributed by atoms with Gasteiger partial charge < -0.3 is 5.11 Å². The lowest BCUT2D eigenvalue weighted by atomic mass is 10.0. The number of likely N-dealkylation sites (N-methyl/N-ethyl adjacent to an activating group) is 1. The van der Waals surface area contributed by atoms with Crippen LogP contribution in [0.2, 0.25) is 0 Å². The largest absolute Gasteiger partial charge is 0.380 e. The fraction of sp³-hybridized carbons (Fsp3) is 0.750. The summed E-state index contributed by atoms with van der Waals surface area (Å²) in [5.74, 6) is 0. The van der Waals surface area contributed by atoms with Gasteiger partial charge >= 0.3 is 0 Å². The molecule has 0 spiro atoms. The third kappa shape index (κ3) is 0.976. The Hall–Kier alpha value is -0.340. The first-order valence-corrected chi connectivity index (χ1v) is 3.61. The van der Waals surface area contributed by atoms with Gasteiger partial charge in [0, 0.05) is 6.42 Å². The Labute approximate surface area is 62.4 Å². The summed E-state index contributed by atoms with van der Waals surface area (Å²) in [7, 11) is 4.15. The quantitative estimate of drug-likeness (QED) is 0.494. The lowest BCUT2D eigenvalue weighted by Gasteiger charge is -2.26. The molecule has 2 nitrogen and oxygen atoms in total. The maximum Gasteiger partial charge on any atom is 0.140 e. The molecule has 0 aromatic rings. The summed E-state index contributed by atoms with van der Waals surface area (Å²) in [5.41, 5.74) is 0.288. The highest BCUT2D eigenvalue weighted by molar-refractivity contribution is 5.06. The van der Waals surface area contributed by atoms with Crippen LogP contribution >= 0.6 is 0 Å². The highest BCUT2D eigenvalue weighted by Crippen LogP contribution is 2.33. The maximum atomic E-state index is 9.68. The number of hydrogen-bond donors (Lipinski definition) is 1. The zero-order valence-electron chi connectivity index (χ0n) is 7.02. The number of likely N-dealkylation sites (tertiary alicyclic amines) is 1. The molecule has 0 amide bonds. The van der Waals surface area contributed by atoms with Gasteiger partial charge in [-0.2, -0.15) is 0 Å². The van der Waals surface area contributed by atoms with Crippen molar-refractivity contribution in [1.82, 2.24) is 0 Å². The Kier molecular flexibility index (Phi) is 1.42. The molecular weight excluding hydrogens is 126 g/mol. The van der Waals surface area contributed by atoms with Crippen LogP contribution in [0.5, 0.6) is 0 Å². The zero-order valence-corrected chi connectivity index (χ0v) is 7.02. The van der Waals surface area contributed by atoms with E-state index in [-0.39, 0.29) is 0 Å². The summed E-state index contributed by atoms with van der Waals surface area (Å²) in [6.45, 7) is 6.71. The van der Waals surface area contributed by atoms with Crippen molar-refractivity contribution in [3.8, 4) is 0 Å². The van der Waals surface area contributed by atoms with Gasteiger partial charge in [0.2, 0.25) is 0 Å². The minimum atomic E-state index is -0.635. The molecule has 1 atom stereocenters. The maximum absolute atomic E-state index is 9.68. The first-order valence-electron chi connectivity index (χ1n) is 3.61. The summed E-state index contributed by atoms with van der Waals surface area (Å²) in [5, 5.41) is 9.68. The molecule has 0 radical (unpaired) electrons. The van der Waals surface area contributed by atoms with E-state index < -0.39 is 5.60 Å². The molecule has 1 fully saturated rings. The summed E-state index contributed by atoms with van der Waals surface area (Å²) in [6.07, 6.45) is 0.832. The molecule has 0 saturated carbocycles. The Bertz CT molecular complexity index is 152. The molecule has 0 bridgehead atoms. The monoisotopic (exact) mass is 142 g/mol. The number of nitrogens with zero attached hydrogens (tertiary/aromatic N) is 1. The van der Waals surface area contributed by atoms with Crippen LogP contribution in [0.25, 0.3) is 0 Å². The summed E-state index contributed by atoms with van der Waals surface area (Å²) in [4.78, 5) is 0. The zero-order chi connectivity index (χ0) is 7.99. The van der Waals surface area contributed by atoms with E-state index in [1.165, 1.54) is 0 Å². The van der Waals surface area contributed by atoms with Crippen molar-refractivity contribution < 1.29 is 9.59 Å². The van der Waals surface area contributed by atoms with Crippen molar-refractivity contribution in [3.05, 3.63) is 12.3 Å². The number of hydrogen-bond acceptors (Lipinski definition) is 1. The van der Waals surface area contributed by atoms with Gasteiger partial charge in [0.1, 0.15) is 11.3 Å². The molecule has 1 saturated heterocycles. The molecule has 0 aliphatic carbocycles. The molecule has 0 aromatic carbocycles. The third-order valence-corrected chi connectivity index (χ3v) is 2.51. The van der Waals surface area contributed by atoms with E-state index >= 15 is 0 Å². The van der Waals surface area contributed by atoms with Crippen LogP contribution in [-0.4, -0.2) is 35.8 Å². The molecule has 1 aliphatic rings. The molecule has 1 aliphatic heterocycles.